The number of anilines is 1. The molecular formula is C36H44N4O5. The average Bonchev–Trinajstić information content (AvgIpc) is 3.42. The number of fused-ring (bicyclic) bond motifs is 1. The number of methoxy groups -OCH3 is 1. The van der Waals surface area contributed by atoms with Crippen molar-refractivity contribution >= 4 is 17.4 Å². The zero-order chi connectivity index (χ0) is 32.5. The van der Waals surface area contributed by atoms with E-state index in [0.29, 0.717) is 36.6 Å². The van der Waals surface area contributed by atoms with Crippen LogP contribution in [0.4, 0.5) is 5.82 Å². The van der Waals surface area contributed by atoms with Gasteiger partial charge >= 0.3 is 5.97 Å². The number of hydrogen-bond donors (Lipinski definition) is 1. The number of nitrogens with zero attached hydrogens (tertiary/aromatic N) is 4. The van der Waals surface area contributed by atoms with Gasteiger partial charge in [0.2, 0.25) is 0 Å². The van der Waals surface area contributed by atoms with Crippen LogP contribution in [0.15, 0.2) is 61.2 Å². The van der Waals surface area contributed by atoms with Crippen molar-refractivity contribution in [2.24, 2.45) is 0 Å². The fraction of sp³-hybridized carbons (Fsp3) is 0.417. The number of aryl methyl sites for hydroxylation is 2. The molecule has 0 aliphatic carbocycles. The number of ether oxygens (including phenoxy) is 3. The molecule has 2 aromatic heterocycles. The van der Waals surface area contributed by atoms with Gasteiger partial charge in [-0.25, -0.2) is 9.78 Å². The summed E-state index contributed by atoms with van der Waals surface area (Å²) in [5.41, 5.74) is 5.25. The Morgan fingerprint density at radius 1 is 1.11 bits per heavy atom. The number of aromatic nitrogens is 3. The minimum atomic E-state index is -1.01. The number of carbonyl (C=O) groups excluding carboxylic acids is 1. The number of benzene rings is 2. The molecule has 3 heterocycles. The van der Waals surface area contributed by atoms with Crippen LogP contribution in [0.3, 0.4) is 0 Å². The Labute approximate surface area is 265 Å². The summed E-state index contributed by atoms with van der Waals surface area (Å²) in [5.74, 6) is 0.485. The second-order valence-electron chi connectivity index (χ2n) is 13.0. The third-order valence-electron chi connectivity index (χ3n) is 8.25. The van der Waals surface area contributed by atoms with Crippen molar-refractivity contribution in [2.45, 2.75) is 71.7 Å². The minimum absolute atomic E-state index is 0.230. The fourth-order valence-corrected chi connectivity index (χ4v) is 5.88. The van der Waals surface area contributed by atoms with Gasteiger partial charge in [-0.2, -0.15) is 9.61 Å². The molecule has 1 fully saturated rings. The number of aromatic hydroxyl groups is 1. The van der Waals surface area contributed by atoms with E-state index in [9.17, 15) is 9.90 Å². The smallest absolute Gasteiger partial charge is 0.339 e. The number of rotatable bonds is 9. The number of phenols is 1. The van der Waals surface area contributed by atoms with Gasteiger partial charge in [-0.05, 0) is 77.6 Å². The Hall–Kier alpha value is -4.21. The highest BCUT2D eigenvalue weighted by Gasteiger charge is 2.38. The third-order valence-corrected chi connectivity index (χ3v) is 8.25. The van der Waals surface area contributed by atoms with Crippen LogP contribution in [-0.4, -0.2) is 63.7 Å². The second-order valence-corrected chi connectivity index (χ2v) is 13.0. The van der Waals surface area contributed by atoms with E-state index >= 15 is 0 Å². The first kappa shape index (κ1) is 32.2. The number of piperidine rings is 1. The molecule has 1 atom stereocenters. The normalized spacial score (nSPS) is 15.7. The van der Waals surface area contributed by atoms with Crippen molar-refractivity contribution < 1.29 is 24.1 Å². The van der Waals surface area contributed by atoms with Crippen LogP contribution >= 0.6 is 0 Å². The molecular weight excluding hydrogens is 568 g/mol. The van der Waals surface area contributed by atoms with E-state index in [2.05, 4.69) is 18.4 Å². The Morgan fingerprint density at radius 3 is 2.47 bits per heavy atom. The lowest BCUT2D eigenvalue weighted by atomic mass is 9.92. The molecule has 0 spiro atoms. The van der Waals surface area contributed by atoms with Crippen molar-refractivity contribution in [1.29, 1.82) is 0 Å². The van der Waals surface area contributed by atoms with Gasteiger partial charge in [0.1, 0.15) is 11.6 Å². The molecule has 9 nitrogen and oxygen atoms in total. The van der Waals surface area contributed by atoms with Gasteiger partial charge in [-0.3, -0.25) is 0 Å². The van der Waals surface area contributed by atoms with Crippen LogP contribution in [0.2, 0.25) is 0 Å². The van der Waals surface area contributed by atoms with Gasteiger partial charge < -0.3 is 24.2 Å². The summed E-state index contributed by atoms with van der Waals surface area (Å²) in [6.07, 6.45) is 2.33. The van der Waals surface area contributed by atoms with E-state index in [-0.39, 0.29) is 11.4 Å². The molecule has 9 heteroatoms. The Morgan fingerprint density at radius 2 is 1.82 bits per heavy atom. The van der Waals surface area contributed by atoms with Gasteiger partial charge in [0, 0.05) is 36.0 Å². The van der Waals surface area contributed by atoms with Crippen molar-refractivity contribution in [3.8, 4) is 28.1 Å². The van der Waals surface area contributed by atoms with Crippen LogP contribution in [0.1, 0.15) is 63.5 Å². The average molecular weight is 613 g/mol. The molecule has 0 radical (unpaired) electrons. The fourth-order valence-electron chi connectivity index (χ4n) is 5.88. The lowest BCUT2D eigenvalue weighted by molar-refractivity contribution is -0.164. The highest BCUT2D eigenvalue weighted by Crippen LogP contribution is 2.39. The number of hydrogen-bond acceptors (Lipinski definition) is 8. The van der Waals surface area contributed by atoms with Crippen LogP contribution in [0.25, 0.3) is 28.0 Å². The first-order valence-corrected chi connectivity index (χ1v) is 15.4. The number of esters is 1. The first-order chi connectivity index (χ1) is 21.3. The molecule has 0 bridgehead atoms. The zero-order valence-corrected chi connectivity index (χ0v) is 27.4. The van der Waals surface area contributed by atoms with Crippen LogP contribution in [-0.2, 0) is 19.0 Å². The van der Waals surface area contributed by atoms with E-state index in [1.165, 1.54) is 7.11 Å². The molecule has 1 saturated heterocycles. The molecule has 1 N–H and O–H groups in total. The van der Waals surface area contributed by atoms with Crippen molar-refractivity contribution in [3.63, 3.8) is 0 Å². The van der Waals surface area contributed by atoms with Gasteiger partial charge in [0.15, 0.2) is 11.8 Å². The summed E-state index contributed by atoms with van der Waals surface area (Å²) < 4.78 is 19.6. The summed E-state index contributed by atoms with van der Waals surface area (Å²) in [6.45, 7) is 17.4. The van der Waals surface area contributed by atoms with Crippen LogP contribution < -0.4 is 4.90 Å². The van der Waals surface area contributed by atoms with E-state index in [1.54, 1.807) is 12.1 Å². The summed E-state index contributed by atoms with van der Waals surface area (Å²) in [5, 5.41) is 15.7. The van der Waals surface area contributed by atoms with Gasteiger partial charge in [-0.1, -0.05) is 36.4 Å². The molecule has 0 saturated carbocycles. The maximum atomic E-state index is 13.3. The molecule has 2 aromatic carbocycles. The summed E-state index contributed by atoms with van der Waals surface area (Å²) >= 11 is 0. The standard InChI is InChI=1S/C36H44N4O5/c1-9-19-44-36(7)15-17-39(18-16-36)33-31(32(34(42)43-8)45-35(4,5)6)24(3)37-30-22-28(38-40(30)33)26-12-10-11-25(21-26)27-14-13-23(2)20-29(27)41/h9-14,20-22,32,41H,1,15-19H2,2-8H3. The molecule has 45 heavy (non-hydrogen) atoms. The monoisotopic (exact) mass is 612 g/mol. The maximum Gasteiger partial charge on any atom is 0.339 e. The largest absolute Gasteiger partial charge is 0.507 e. The van der Waals surface area contributed by atoms with Crippen molar-refractivity contribution in [3.05, 3.63) is 78.0 Å². The highest BCUT2D eigenvalue weighted by molar-refractivity contribution is 5.81. The van der Waals surface area contributed by atoms with Crippen LogP contribution in [0.5, 0.6) is 5.75 Å². The molecule has 5 rings (SSSR count). The third kappa shape index (κ3) is 6.89. The van der Waals surface area contributed by atoms with E-state index in [1.807, 2.05) is 81.6 Å². The molecule has 1 aliphatic rings. The molecule has 1 aliphatic heterocycles. The van der Waals surface area contributed by atoms with Crippen molar-refractivity contribution in [2.75, 3.05) is 31.7 Å². The van der Waals surface area contributed by atoms with E-state index in [0.717, 1.165) is 46.6 Å². The molecule has 238 valence electrons. The molecule has 1 unspecified atom stereocenters. The Bertz CT molecular complexity index is 1710. The first-order valence-electron chi connectivity index (χ1n) is 15.4. The minimum Gasteiger partial charge on any atom is -0.507 e. The topological polar surface area (TPSA) is 98.4 Å². The van der Waals surface area contributed by atoms with Gasteiger partial charge in [0.05, 0.1) is 36.2 Å². The summed E-state index contributed by atoms with van der Waals surface area (Å²) in [4.78, 5) is 20.5. The lowest BCUT2D eigenvalue weighted by Crippen LogP contribution is -2.45. The predicted molar refractivity (Wildman–Crippen MR) is 177 cm³/mol. The van der Waals surface area contributed by atoms with Gasteiger partial charge in [0.25, 0.3) is 0 Å². The van der Waals surface area contributed by atoms with Crippen LogP contribution in [0, 0.1) is 13.8 Å². The van der Waals surface area contributed by atoms with Crippen molar-refractivity contribution in [1.82, 2.24) is 14.6 Å². The zero-order valence-electron chi connectivity index (χ0n) is 27.4. The molecule has 4 aromatic rings. The maximum absolute atomic E-state index is 13.3. The number of phenolic OH excluding ortho intramolecular Hbond substituents is 1. The second kappa shape index (κ2) is 12.7. The van der Waals surface area contributed by atoms with Gasteiger partial charge in [-0.15, -0.1) is 6.58 Å². The molecule has 0 amide bonds. The lowest BCUT2D eigenvalue weighted by Gasteiger charge is -2.41. The Balaban J connectivity index is 1.66. The van der Waals surface area contributed by atoms with E-state index < -0.39 is 17.7 Å². The highest BCUT2D eigenvalue weighted by atomic mass is 16.6. The summed E-state index contributed by atoms with van der Waals surface area (Å²) in [7, 11) is 1.37. The predicted octanol–water partition coefficient (Wildman–Crippen LogP) is 6.98. The SMILES string of the molecule is C=CCOC1(C)CCN(c2c(C(OC(C)(C)C)C(=O)OC)c(C)nc3cc(-c4cccc(-c5ccc(C)cc5O)c4)nn23)CC1. The summed E-state index contributed by atoms with van der Waals surface area (Å²) in [6, 6.07) is 15.6. The Kier molecular flexibility index (Phi) is 9.05. The van der Waals surface area contributed by atoms with E-state index in [4.69, 9.17) is 24.3 Å². The quantitative estimate of drug-likeness (QED) is 0.160. The number of carbonyl (C=O) groups is 1.